The minimum absolute atomic E-state index is 0.00133. The monoisotopic (exact) mass is 312 g/mol. The van der Waals surface area contributed by atoms with E-state index in [0.29, 0.717) is 5.56 Å². The van der Waals surface area contributed by atoms with Crippen LogP contribution in [-0.2, 0) is 0 Å². The summed E-state index contributed by atoms with van der Waals surface area (Å²) in [6, 6.07) is 7.57. The Morgan fingerprint density at radius 2 is 1.91 bits per heavy atom. The summed E-state index contributed by atoms with van der Waals surface area (Å²) >= 11 is 1.57. The summed E-state index contributed by atoms with van der Waals surface area (Å²) < 4.78 is 2.02. The molecule has 1 amide bonds. The summed E-state index contributed by atoms with van der Waals surface area (Å²) in [5.74, 6) is -0.00133. The van der Waals surface area contributed by atoms with E-state index in [1.54, 1.807) is 37.0 Å². The number of nitrogens with zero attached hydrogens (tertiary/aromatic N) is 4. The molecule has 0 aliphatic heterocycles. The molecule has 0 atom stereocenters. The zero-order valence-corrected chi connectivity index (χ0v) is 13.5. The summed E-state index contributed by atoms with van der Waals surface area (Å²) in [7, 11) is 3.50. The van der Waals surface area contributed by atoms with Gasteiger partial charge in [-0.15, -0.1) is 11.8 Å². The van der Waals surface area contributed by atoms with Crippen molar-refractivity contribution < 1.29 is 4.79 Å². The molecule has 5 nitrogen and oxygen atoms in total. The SMILES string of the molecule is CSc1nccn2c(-c3ccc(C(=O)N(C)C)cc3)cnc12. The van der Waals surface area contributed by atoms with E-state index in [-0.39, 0.29) is 5.91 Å². The average Bonchev–Trinajstić information content (AvgIpc) is 2.98. The van der Waals surface area contributed by atoms with Crippen LogP contribution in [0.4, 0.5) is 0 Å². The Hall–Kier alpha value is -2.34. The highest BCUT2D eigenvalue weighted by atomic mass is 32.2. The molecule has 0 fully saturated rings. The van der Waals surface area contributed by atoms with Gasteiger partial charge in [-0.25, -0.2) is 9.97 Å². The second-order valence-corrected chi connectivity index (χ2v) is 5.85. The molecule has 6 heteroatoms. The molecule has 0 radical (unpaired) electrons. The van der Waals surface area contributed by atoms with Gasteiger partial charge in [0.2, 0.25) is 0 Å². The number of carbonyl (C=O) groups is 1. The first-order chi connectivity index (χ1) is 10.6. The summed E-state index contributed by atoms with van der Waals surface area (Å²) in [6.45, 7) is 0. The van der Waals surface area contributed by atoms with Crippen LogP contribution in [0, 0.1) is 0 Å². The average molecular weight is 312 g/mol. The second kappa shape index (κ2) is 5.81. The van der Waals surface area contributed by atoms with Crippen molar-refractivity contribution >= 4 is 23.3 Å². The molecule has 0 N–H and O–H groups in total. The Kier molecular flexibility index (Phi) is 3.85. The molecule has 0 unspecified atom stereocenters. The number of hydrogen-bond donors (Lipinski definition) is 0. The minimum atomic E-state index is -0.00133. The van der Waals surface area contributed by atoms with Gasteiger partial charge in [-0.05, 0) is 18.4 Å². The molecule has 1 aromatic carbocycles. The Labute approximate surface area is 133 Å². The van der Waals surface area contributed by atoms with Gasteiger partial charge in [0.05, 0.1) is 11.9 Å². The summed E-state index contributed by atoms with van der Waals surface area (Å²) in [6.07, 6.45) is 7.49. The molecule has 2 heterocycles. The highest BCUT2D eigenvalue weighted by Crippen LogP contribution is 2.25. The van der Waals surface area contributed by atoms with Crippen LogP contribution in [-0.4, -0.2) is 45.5 Å². The van der Waals surface area contributed by atoms with Crippen LogP contribution in [0.5, 0.6) is 0 Å². The van der Waals surface area contributed by atoms with Gasteiger partial charge in [-0.2, -0.15) is 0 Å². The number of hydrogen-bond acceptors (Lipinski definition) is 4. The molecule has 0 spiro atoms. The first kappa shape index (κ1) is 14.6. The maximum Gasteiger partial charge on any atom is 0.253 e. The van der Waals surface area contributed by atoms with Crippen molar-refractivity contribution in [3.05, 3.63) is 48.4 Å². The van der Waals surface area contributed by atoms with Crippen molar-refractivity contribution in [2.24, 2.45) is 0 Å². The summed E-state index contributed by atoms with van der Waals surface area (Å²) in [4.78, 5) is 22.3. The predicted octanol–water partition coefficient (Wildman–Crippen LogP) is 2.82. The Morgan fingerprint density at radius 1 is 1.18 bits per heavy atom. The van der Waals surface area contributed by atoms with Crippen LogP contribution < -0.4 is 0 Å². The van der Waals surface area contributed by atoms with Gasteiger partial charge in [-0.1, -0.05) is 12.1 Å². The van der Waals surface area contributed by atoms with Gasteiger partial charge in [0.25, 0.3) is 5.91 Å². The van der Waals surface area contributed by atoms with Crippen molar-refractivity contribution in [2.45, 2.75) is 5.03 Å². The molecule has 112 valence electrons. The van der Waals surface area contributed by atoms with Crippen LogP contribution >= 0.6 is 11.8 Å². The first-order valence-corrected chi connectivity index (χ1v) is 8.02. The quantitative estimate of drug-likeness (QED) is 0.698. The fourth-order valence-electron chi connectivity index (χ4n) is 2.29. The Balaban J connectivity index is 2.03. The highest BCUT2D eigenvalue weighted by Gasteiger charge is 2.11. The molecule has 0 aliphatic carbocycles. The lowest BCUT2D eigenvalue weighted by Crippen LogP contribution is -2.21. The van der Waals surface area contributed by atoms with Crippen molar-refractivity contribution in [1.82, 2.24) is 19.3 Å². The van der Waals surface area contributed by atoms with Crippen LogP contribution in [0.2, 0.25) is 0 Å². The molecular formula is C16H16N4OS. The molecule has 0 saturated carbocycles. The number of rotatable bonds is 3. The van der Waals surface area contributed by atoms with Crippen LogP contribution in [0.3, 0.4) is 0 Å². The van der Waals surface area contributed by atoms with Crippen molar-refractivity contribution in [1.29, 1.82) is 0 Å². The maximum absolute atomic E-state index is 11.9. The standard InChI is InChI=1S/C16H16N4OS/c1-19(2)16(21)12-6-4-11(5-7-12)13-10-18-14-15(22-3)17-8-9-20(13)14/h4-10H,1-3H3. The normalized spacial score (nSPS) is 10.9. The molecule has 2 aromatic heterocycles. The number of benzene rings is 1. The zero-order valence-electron chi connectivity index (χ0n) is 12.6. The summed E-state index contributed by atoms with van der Waals surface area (Å²) in [5, 5.41) is 0.896. The maximum atomic E-state index is 11.9. The molecule has 22 heavy (non-hydrogen) atoms. The largest absolute Gasteiger partial charge is 0.345 e. The number of carbonyl (C=O) groups excluding carboxylic acids is 1. The molecule has 0 aliphatic rings. The Bertz CT molecular complexity index is 824. The third kappa shape index (κ3) is 2.46. The number of imidazole rings is 1. The fraction of sp³-hybridized carbons (Fsp3) is 0.188. The molecule has 0 bridgehead atoms. The van der Waals surface area contributed by atoms with Gasteiger partial charge in [0.15, 0.2) is 5.65 Å². The minimum Gasteiger partial charge on any atom is -0.345 e. The van der Waals surface area contributed by atoms with Gasteiger partial charge in [0, 0.05) is 37.6 Å². The molecule has 3 aromatic rings. The van der Waals surface area contributed by atoms with E-state index >= 15 is 0 Å². The van der Waals surface area contributed by atoms with Gasteiger partial charge in [0.1, 0.15) is 5.03 Å². The van der Waals surface area contributed by atoms with Crippen LogP contribution in [0.1, 0.15) is 10.4 Å². The molecule has 0 saturated heterocycles. The number of aromatic nitrogens is 3. The van der Waals surface area contributed by atoms with Crippen LogP contribution in [0.25, 0.3) is 16.9 Å². The highest BCUT2D eigenvalue weighted by molar-refractivity contribution is 7.98. The van der Waals surface area contributed by atoms with E-state index in [2.05, 4.69) is 9.97 Å². The molecular weight excluding hydrogens is 296 g/mol. The Morgan fingerprint density at radius 3 is 2.55 bits per heavy atom. The van der Waals surface area contributed by atoms with Crippen molar-refractivity contribution in [2.75, 3.05) is 20.4 Å². The number of amides is 1. The van der Waals surface area contributed by atoms with E-state index in [9.17, 15) is 4.79 Å². The lowest BCUT2D eigenvalue weighted by molar-refractivity contribution is 0.0827. The summed E-state index contributed by atoms with van der Waals surface area (Å²) in [5.41, 5.74) is 3.52. The smallest absolute Gasteiger partial charge is 0.253 e. The first-order valence-electron chi connectivity index (χ1n) is 6.80. The number of fused-ring (bicyclic) bond motifs is 1. The zero-order chi connectivity index (χ0) is 15.7. The van der Waals surface area contributed by atoms with Gasteiger partial charge in [-0.3, -0.25) is 9.20 Å². The van der Waals surface area contributed by atoms with E-state index < -0.39 is 0 Å². The fourth-order valence-corrected chi connectivity index (χ4v) is 2.79. The van der Waals surface area contributed by atoms with Crippen molar-refractivity contribution in [3.8, 4) is 11.3 Å². The van der Waals surface area contributed by atoms with Crippen LogP contribution in [0.15, 0.2) is 47.9 Å². The molecule has 3 rings (SSSR count). The van der Waals surface area contributed by atoms with E-state index in [0.717, 1.165) is 21.9 Å². The van der Waals surface area contributed by atoms with E-state index in [1.165, 1.54) is 0 Å². The lowest BCUT2D eigenvalue weighted by atomic mass is 10.1. The number of thioether (sulfide) groups is 1. The van der Waals surface area contributed by atoms with Crippen molar-refractivity contribution in [3.63, 3.8) is 0 Å². The van der Waals surface area contributed by atoms with Gasteiger partial charge >= 0.3 is 0 Å². The lowest BCUT2D eigenvalue weighted by Gasteiger charge is -2.10. The third-order valence-electron chi connectivity index (χ3n) is 3.42. The predicted molar refractivity (Wildman–Crippen MR) is 88.2 cm³/mol. The van der Waals surface area contributed by atoms with E-state index in [1.807, 2.05) is 47.3 Å². The second-order valence-electron chi connectivity index (χ2n) is 5.05. The topological polar surface area (TPSA) is 50.5 Å². The van der Waals surface area contributed by atoms with Gasteiger partial charge < -0.3 is 4.90 Å². The third-order valence-corrected chi connectivity index (χ3v) is 4.10. The van der Waals surface area contributed by atoms with E-state index in [4.69, 9.17) is 0 Å².